The minimum atomic E-state index is 0.967. The topological polar surface area (TPSA) is 15.3 Å². The Morgan fingerprint density at radius 1 is 1.00 bits per heavy atom. The van der Waals surface area contributed by atoms with Gasteiger partial charge in [0.25, 0.3) is 0 Å². The standard InChI is InChI=1S/C13H26N2/c1-14-15-9-5-8-13(11-15)10-12-6-3-2-4-7-12/h12-14H,2-11H2,1H3. The highest BCUT2D eigenvalue weighted by Gasteiger charge is 2.23. The Hall–Kier alpha value is -0.0800. The number of hydrogen-bond donors (Lipinski definition) is 1. The first-order valence-electron chi connectivity index (χ1n) is 6.81. The average Bonchev–Trinajstić information content (AvgIpc) is 2.31. The summed E-state index contributed by atoms with van der Waals surface area (Å²) in [5, 5.41) is 2.40. The third-order valence-corrected chi connectivity index (χ3v) is 4.23. The van der Waals surface area contributed by atoms with Gasteiger partial charge in [0.05, 0.1) is 0 Å². The van der Waals surface area contributed by atoms with Crippen molar-refractivity contribution in [1.29, 1.82) is 0 Å². The van der Waals surface area contributed by atoms with Crippen LogP contribution in [0.1, 0.15) is 51.4 Å². The van der Waals surface area contributed by atoms with E-state index in [1.807, 2.05) is 0 Å². The van der Waals surface area contributed by atoms with Crippen molar-refractivity contribution in [2.24, 2.45) is 11.8 Å². The molecule has 1 aliphatic carbocycles. The lowest BCUT2D eigenvalue weighted by molar-refractivity contribution is 0.109. The first kappa shape index (κ1) is 11.4. The Morgan fingerprint density at radius 2 is 1.73 bits per heavy atom. The maximum atomic E-state index is 3.30. The second-order valence-electron chi connectivity index (χ2n) is 5.42. The normalized spacial score (nSPS) is 30.6. The smallest absolute Gasteiger partial charge is 0.0159 e. The molecule has 0 aromatic heterocycles. The predicted molar refractivity (Wildman–Crippen MR) is 64.5 cm³/mol. The summed E-state index contributed by atoms with van der Waals surface area (Å²) in [6, 6.07) is 0. The van der Waals surface area contributed by atoms with E-state index in [0.717, 1.165) is 11.8 Å². The van der Waals surface area contributed by atoms with Crippen LogP contribution in [-0.2, 0) is 0 Å². The van der Waals surface area contributed by atoms with E-state index in [1.165, 1.54) is 64.5 Å². The molecule has 0 aromatic rings. The molecule has 1 saturated heterocycles. The van der Waals surface area contributed by atoms with E-state index in [-0.39, 0.29) is 0 Å². The molecule has 1 saturated carbocycles. The van der Waals surface area contributed by atoms with Crippen molar-refractivity contribution in [1.82, 2.24) is 10.4 Å². The molecule has 15 heavy (non-hydrogen) atoms. The maximum Gasteiger partial charge on any atom is 0.0159 e. The van der Waals surface area contributed by atoms with Crippen LogP contribution in [0.3, 0.4) is 0 Å². The van der Waals surface area contributed by atoms with Crippen LogP contribution in [0.4, 0.5) is 0 Å². The highest BCUT2D eigenvalue weighted by atomic mass is 15.5. The van der Waals surface area contributed by atoms with Crippen molar-refractivity contribution in [3.8, 4) is 0 Å². The van der Waals surface area contributed by atoms with E-state index < -0.39 is 0 Å². The Morgan fingerprint density at radius 3 is 2.47 bits per heavy atom. The lowest BCUT2D eigenvalue weighted by Gasteiger charge is -2.34. The first-order chi connectivity index (χ1) is 7.38. The summed E-state index contributed by atoms with van der Waals surface area (Å²) in [6.07, 6.45) is 11.8. The van der Waals surface area contributed by atoms with Gasteiger partial charge < -0.3 is 0 Å². The molecule has 1 unspecified atom stereocenters. The van der Waals surface area contributed by atoms with Crippen molar-refractivity contribution < 1.29 is 0 Å². The average molecular weight is 210 g/mol. The van der Waals surface area contributed by atoms with E-state index in [9.17, 15) is 0 Å². The van der Waals surface area contributed by atoms with E-state index in [4.69, 9.17) is 0 Å². The fourth-order valence-corrected chi connectivity index (χ4v) is 3.35. The zero-order valence-electron chi connectivity index (χ0n) is 10.2. The van der Waals surface area contributed by atoms with Crippen LogP contribution in [-0.4, -0.2) is 25.1 Å². The molecular weight excluding hydrogens is 184 g/mol. The second-order valence-corrected chi connectivity index (χ2v) is 5.42. The van der Waals surface area contributed by atoms with Gasteiger partial charge >= 0.3 is 0 Å². The van der Waals surface area contributed by atoms with Gasteiger partial charge in [-0.25, -0.2) is 5.01 Å². The number of nitrogens with one attached hydrogen (secondary N) is 1. The van der Waals surface area contributed by atoms with Crippen molar-refractivity contribution >= 4 is 0 Å². The lowest BCUT2D eigenvalue weighted by Crippen LogP contribution is -2.43. The van der Waals surface area contributed by atoms with Gasteiger partial charge in [-0.15, -0.1) is 0 Å². The number of rotatable bonds is 3. The summed E-state index contributed by atoms with van der Waals surface area (Å²) in [6.45, 7) is 2.53. The summed E-state index contributed by atoms with van der Waals surface area (Å²) in [4.78, 5) is 0. The molecule has 1 N–H and O–H groups in total. The van der Waals surface area contributed by atoms with E-state index in [0.29, 0.717) is 0 Å². The molecule has 1 heterocycles. The van der Waals surface area contributed by atoms with Gasteiger partial charge in [-0.1, -0.05) is 32.1 Å². The summed E-state index contributed by atoms with van der Waals surface area (Å²) < 4.78 is 0. The van der Waals surface area contributed by atoms with Gasteiger partial charge in [0.2, 0.25) is 0 Å². The van der Waals surface area contributed by atoms with Crippen LogP contribution in [0.25, 0.3) is 0 Å². The fraction of sp³-hybridized carbons (Fsp3) is 1.00. The van der Waals surface area contributed by atoms with Gasteiger partial charge in [0.1, 0.15) is 0 Å². The van der Waals surface area contributed by atoms with Gasteiger partial charge in [-0.05, 0) is 38.1 Å². The first-order valence-corrected chi connectivity index (χ1v) is 6.81. The van der Waals surface area contributed by atoms with E-state index in [2.05, 4.69) is 17.5 Å². The number of piperidine rings is 1. The molecular formula is C13H26N2. The highest BCUT2D eigenvalue weighted by molar-refractivity contribution is 4.75. The Kier molecular flexibility index (Phi) is 4.45. The van der Waals surface area contributed by atoms with Gasteiger partial charge in [-0.3, -0.25) is 5.43 Å². The quantitative estimate of drug-likeness (QED) is 0.770. The molecule has 0 spiro atoms. The van der Waals surface area contributed by atoms with Crippen LogP contribution in [0.2, 0.25) is 0 Å². The Bertz CT molecular complexity index is 175. The van der Waals surface area contributed by atoms with Crippen molar-refractivity contribution in [3.63, 3.8) is 0 Å². The Labute approximate surface area is 94.4 Å². The van der Waals surface area contributed by atoms with Crippen molar-refractivity contribution in [2.45, 2.75) is 51.4 Å². The third-order valence-electron chi connectivity index (χ3n) is 4.23. The Balaban J connectivity index is 1.72. The van der Waals surface area contributed by atoms with Crippen molar-refractivity contribution in [2.75, 3.05) is 20.1 Å². The molecule has 2 heteroatoms. The lowest BCUT2D eigenvalue weighted by atomic mass is 9.80. The molecule has 0 aromatic carbocycles. The van der Waals surface area contributed by atoms with Crippen LogP contribution in [0.5, 0.6) is 0 Å². The third kappa shape index (κ3) is 3.46. The summed E-state index contributed by atoms with van der Waals surface area (Å²) >= 11 is 0. The SMILES string of the molecule is CNN1CCCC(CC2CCCCC2)C1. The molecule has 0 radical (unpaired) electrons. The van der Waals surface area contributed by atoms with Gasteiger partial charge in [0, 0.05) is 13.1 Å². The molecule has 2 fully saturated rings. The predicted octanol–water partition coefficient (Wildman–Crippen LogP) is 2.80. The molecule has 88 valence electrons. The molecule has 2 aliphatic rings. The molecule has 1 aliphatic heterocycles. The number of nitrogens with zero attached hydrogens (tertiary/aromatic N) is 1. The molecule has 1 atom stereocenters. The molecule has 0 amide bonds. The number of hydrogen-bond acceptors (Lipinski definition) is 2. The van der Waals surface area contributed by atoms with E-state index in [1.54, 1.807) is 0 Å². The van der Waals surface area contributed by atoms with Crippen LogP contribution < -0.4 is 5.43 Å². The zero-order valence-corrected chi connectivity index (χ0v) is 10.2. The summed E-state index contributed by atoms with van der Waals surface area (Å²) in [5.74, 6) is 2.02. The van der Waals surface area contributed by atoms with Crippen LogP contribution in [0, 0.1) is 11.8 Å². The minimum absolute atomic E-state index is 0.967. The largest absolute Gasteiger partial charge is 0.258 e. The monoisotopic (exact) mass is 210 g/mol. The second kappa shape index (κ2) is 5.86. The van der Waals surface area contributed by atoms with Crippen molar-refractivity contribution in [3.05, 3.63) is 0 Å². The van der Waals surface area contributed by atoms with E-state index >= 15 is 0 Å². The van der Waals surface area contributed by atoms with Crippen LogP contribution >= 0.6 is 0 Å². The van der Waals surface area contributed by atoms with Crippen LogP contribution in [0.15, 0.2) is 0 Å². The molecule has 2 nitrogen and oxygen atoms in total. The summed E-state index contributed by atoms with van der Waals surface area (Å²) in [5.41, 5.74) is 3.30. The highest BCUT2D eigenvalue weighted by Crippen LogP contribution is 2.31. The minimum Gasteiger partial charge on any atom is -0.258 e. The fourth-order valence-electron chi connectivity index (χ4n) is 3.35. The maximum absolute atomic E-state index is 3.30. The van der Waals surface area contributed by atoms with Gasteiger partial charge in [0.15, 0.2) is 0 Å². The summed E-state index contributed by atoms with van der Waals surface area (Å²) in [7, 11) is 2.06. The zero-order chi connectivity index (χ0) is 10.5. The number of hydrazine groups is 1. The van der Waals surface area contributed by atoms with Gasteiger partial charge in [-0.2, -0.15) is 0 Å². The molecule has 0 bridgehead atoms. The molecule has 2 rings (SSSR count).